The number of aryl methyl sites for hydroxylation is 2. The third-order valence-corrected chi connectivity index (χ3v) is 5.41. The lowest BCUT2D eigenvalue weighted by Crippen LogP contribution is -2.41. The van der Waals surface area contributed by atoms with Crippen molar-refractivity contribution in [2.45, 2.75) is 57.2 Å². The summed E-state index contributed by atoms with van der Waals surface area (Å²) in [5.74, 6) is 0.921. The van der Waals surface area contributed by atoms with Crippen LogP contribution < -0.4 is 10.5 Å². The van der Waals surface area contributed by atoms with Crippen LogP contribution in [0.15, 0.2) is 9.31 Å². The summed E-state index contributed by atoms with van der Waals surface area (Å²) in [5.41, 5.74) is 6.17. The average Bonchev–Trinajstić information content (AvgIpc) is 2.95. The van der Waals surface area contributed by atoms with E-state index in [4.69, 9.17) is 14.9 Å². The van der Waals surface area contributed by atoms with E-state index in [2.05, 4.69) is 4.72 Å². The zero-order valence-electron chi connectivity index (χ0n) is 12.1. The maximum Gasteiger partial charge on any atom is 0.244 e. The van der Waals surface area contributed by atoms with Gasteiger partial charge in [0.05, 0.1) is 6.10 Å². The Labute approximate surface area is 119 Å². The number of sulfonamides is 1. The molecule has 1 aromatic heterocycles. The molecule has 0 aliphatic carbocycles. The molecule has 2 unspecified atom stereocenters. The van der Waals surface area contributed by atoms with Crippen LogP contribution in [0.3, 0.4) is 0 Å². The van der Waals surface area contributed by atoms with Gasteiger partial charge in [-0.3, -0.25) is 0 Å². The molecule has 1 aliphatic heterocycles. The Morgan fingerprint density at radius 3 is 2.65 bits per heavy atom. The molecule has 6 nitrogen and oxygen atoms in total. The minimum absolute atomic E-state index is 0.0700. The SMILES string of the molecule is Cc1oc(C)c(S(=O)(=O)NC(C)C2CCCO2)c1CN. The lowest BCUT2D eigenvalue weighted by molar-refractivity contribution is 0.0902. The number of nitrogens with one attached hydrogen (secondary N) is 1. The number of hydrogen-bond acceptors (Lipinski definition) is 5. The molecular formula is C13H22N2O4S. The van der Waals surface area contributed by atoms with Gasteiger partial charge in [-0.25, -0.2) is 13.1 Å². The first kappa shape index (κ1) is 15.5. The molecular weight excluding hydrogens is 280 g/mol. The molecule has 20 heavy (non-hydrogen) atoms. The van der Waals surface area contributed by atoms with Crippen molar-refractivity contribution in [3.05, 3.63) is 17.1 Å². The molecule has 2 atom stereocenters. The highest BCUT2D eigenvalue weighted by Gasteiger charge is 2.31. The van der Waals surface area contributed by atoms with E-state index in [0.717, 1.165) is 12.8 Å². The number of ether oxygens (including phenoxy) is 1. The molecule has 0 saturated carbocycles. The molecule has 2 rings (SSSR count). The van der Waals surface area contributed by atoms with Crippen molar-refractivity contribution in [1.29, 1.82) is 0 Å². The lowest BCUT2D eigenvalue weighted by atomic mass is 10.1. The van der Waals surface area contributed by atoms with E-state index < -0.39 is 10.0 Å². The molecule has 1 aliphatic rings. The molecule has 114 valence electrons. The van der Waals surface area contributed by atoms with Gasteiger partial charge < -0.3 is 14.9 Å². The molecule has 0 radical (unpaired) electrons. The Balaban J connectivity index is 2.26. The molecule has 1 saturated heterocycles. The monoisotopic (exact) mass is 302 g/mol. The number of nitrogens with two attached hydrogens (primary N) is 1. The average molecular weight is 302 g/mol. The number of furan rings is 1. The second-order valence-electron chi connectivity index (χ2n) is 5.19. The first-order chi connectivity index (χ1) is 9.36. The van der Waals surface area contributed by atoms with Gasteiger partial charge >= 0.3 is 0 Å². The highest BCUT2D eigenvalue weighted by Crippen LogP contribution is 2.27. The second kappa shape index (κ2) is 5.85. The molecule has 1 aromatic rings. The number of hydrogen-bond donors (Lipinski definition) is 2. The Kier molecular flexibility index (Phi) is 4.53. The normalized spacial score (nSPS) is 21.3. The molecule has 0 aromatic carbocycles. The molecule has 1 fully saturated rings. The first-order valence-corrected chi connectivity index (χ1v) is 8.28. The minimum atomic E-state index is -3.65. The largest absolute Gasteiger partial charge is 0.465 e. The van der Waals surface area contributed by atoms with Gasteiger partial charge in [-0.15, -0.1) is 0 Å². The summed E-state index contributed by atoms with van der Waals surface area (Å²) in [6, 6.07) is -0.275. The summed E-state index contributed by atoms with van der Waals surface area (Å²) in [5, 5.41) is 0. The van der Waals surface area contributed by atoms with Crippen LogP contribution in [0.5, 0.6) is 0 Å². The zero-order valence-corrected chi connectivity index (χ0v) is 12.9. The number of rotatable bonds is 5. The van der Waals surface area contributed by atoms with Crippen LogP contribution in [0.25, 0.3) is 0 Å². The fourth-order valence-electron chi connectivity index (χ4n) is 2.67. The van der Waals surface area contributed by atoms with E-state index in [1.165, 1.54) is 0 Å². The van der Waals surface area contributed by atoms with Crippen molar-refractivity contribution >= 4 is 10.0 Å². The van der Waals surface area contributed by atoms with Gasteiger partial charge in [0, 0.05) is 24.8 Å². The minimum Gasteiger partial charge on any atom is -0.465 e. The van der Waals surface area contributed by atoms with Crippen molar-refractivity contribution in [1.82, 2.24) is 4.72 Å². The molecule has 2 heterocycles. The van der Waals surface area contributed by atoms with Gasteiger partial charge in [0.15, 0.2) is 0 Å². The quantitative estimate of drug-likeness (QED) is 0.852. The summed E-state index contributed by atoms with van der Waals surface area (Å²) < 4.78 is 38.6. The Morgan fingerprint density at radius 2 is 2.10 bits per heavy atom. The molecule has 0 amide bonds. The molecule has 7 heteroatoms. The van der Waals surface area contributed by atoms with Crippen LogP contribution in [0, 0.1) is 13.8 Å². The van der Waals surface area contributed by atoms with Gasteiger partial charge in [0.1, 0.15) is 16.4 Å². The van der Waals surface area contributed by atoms with Crippen molar-refractivity contribution in [3.8, 4) is 0 Å². The standard InChI is InChI=1S/C13H22N2O4S/c1-8(12-5-4-6-18-12)15-20(16,17)13-10(3)19-9(2)11(13)7-14/h8,12,15H,4-7,14H2,1-3H3. The Morgan fingerprint density at radius 1 is 1.40 bits per heavy atom. The van der Waals surface area contributed by atoms with Crippen molar-refractivity contribution in [2.24, 2.45) is 5.73 Å². The lowest BCUT2D eigenvalue weighted by Gasteiger charge is -2.20. The van der Waals surface area contributed by atoms with Crippen LogP contribution in [-0.2, 0) is 21.3 Å². The summed E-state index contributed by atoms with van der Waals surface area (Å²) in [6.45, 7) is 6.00. The highest BCUT2D eigenvalue weighted by molar-refractivity contribution is 7.89. The Hall–Kier alpha value is -0.890. The summed E-state index contributed by atoms with van der Waals surface area (Å²) in [6.07, 6.45) is 1.77. The van der Waals surface area contributed by atoms with Gasteiger partial charge in [-0.1, -0.05) is 0 Å². The highest BCUT2D eigenvalue weighted by atomic mass is 32.2. The van der Waals surface area contributed by atoms with Crippen LogP contribution in [0.1, 0.15) is 36.8 Å². The summed E-state index contributed by atoms with van der Waals surface area (Å²) in [4.78, 5) is 0.169. The van der Waals surface area contributed by atoms with Crippen molar-refractivity contribution in [2.75, 3.05) is 6.61 Å². The van der Waals surface area contributed by atoms with Crippen molar-refractivity contribution in [3.63, 3.8) is 0 Å². The molecule has 3 N–H and O–H groups in total. The van der Waals surface area contributed by atoms with E-state index in [1.807, 2.05) is 6.92 Å². The zero-order chi connectivity index (χ0) is 14.9. The van der Waals surface area contributed by atoms with E-state index in [9.17, 15) is 8.42 Å². The van der Waals surface area contributed by atoms with Gasteiger partial charge in [-0.05, 0) is 33.6 Å². The topological polar surface area (TPSA) is 94.6 Å². The maximum atomic E-state index is 12.5. The van der Waals surface area contributed by atoms with Crippen molar-refractivity contribution < 1.29 is 17.6 Å². The first-order valence-electron chi connectivity index (χ1n) is 6.79. The smallest absolute Gasteiger partial charge is 0.244 e. The second-order valence-corrected chi connectivity index (χ2v) is 6.84. The van der Waals surface area contributed by atoms with E-state index in [0.29, 0.717) is 23.7 Å². The van der Waals surface area contributed by atoms with E-state index in [1.54, 1.807) is 13.8 Å². The molecule has 0 spiro atoms. The van der Waals surface area contributed by atoms with Crippen LogP contribution in [-0.4, -0.2) is 27.2 Å². The molecule has 0 bridgehead atoms. The predicted molar refractivity (Wildman–Crippen MR) is 74.8 cm³/mol. The van der Waals surface area contributed by atoms with Crippen LogP contribution >= 0.6 is 0 Å². The summed E-state index contributed by atoms with van der Waals surface area (Å²) >= 11 is 0. The third-order valence-electron chi connectivity index (χ3n) is 3.66. The fraction of sp³-hybridized carbons (Fsp3) is 0.692. The Bertz CT molecular complexity index is 573. The van der Waals surface area contributed by atoms with E-state index in [-0.39, 0.29) is 23.6 Å². The van der Waals surface area contributed by atoms with Crippen LogP contribution in [0.4, 0.5) is 0 Å². The third kappa shape index (κ3) is 2.90. The maximum absolute atomic E-state index is 12.5. The van der Waals surface area contributed by atoms with Gasteiger partial charge in [0.2, 0.25) is 10.0 Å². The predicted octanol–water partition coefficient (Wildman–Crippen LogP) is 1.20. The fourth-order valence-corrected chi connectivity index (χ4v) is 4.40. The van der Waals surface area contributed by atoms with Crippen LogP contribution in [0.2, 0.25) is 0 Å². The van der Waals surface area contributed by atoms with E-state index >= 15 is 0 Å². The summed E-state index contributed by atoms with van der Waals surface area (Å²) in [7, 11) is -3.65. The van der Waals surface area contributed by atoms with Gasteiger partial charge in [0.25, 0.3) is 0 Å². The van der Waals surface area contributed by atoms with Gasteiger partial charge in [-0.2, -0.15) is 0 Å².